The molecular formula is C8H15NO3. The molecular weight excluding hydrogens is 158 g/mol. The van der Waals surface area contributed by atoms with Gasteiger partial charge in [0.1, 0.15) is 0 Å². The predicted molar refractivity (Wildman–Crippen MR) is 44.2 cm³/mol. The predicted octanol–water partition coefficient (Wildman–Crippen LogP) is 0.451. The van der Waals surface area contributed by atoms with Gasteiger partial charge in [-0.1, -0.05) is 20.3 Å². The molecule has 0 aliphatic rings. The van der Waals surface area contributed by atoms with Gasteiger partial charge in [-0.2, -0.15) is 0 Å². The van der Waals surface area contributed by atoms with Crippen LogP contribution in [0.1, 0.15) is 26.7 Å². The molecule has 1 atom stereocenters. The van der Waals surface area contributed by atoms with E-state index in [9.17, 15) is 9.59 Å². The Bertz CT molecular complexity index is 168. The molecule has 0 aromatic carbocycles. The molecule has 0 aliphatic heterocycles. The fourth-order valence-electron chi connectivity index (χ4n) is 0.628. The van der Waals surface area contributed by atoms with Crippen molar-refractivity contribution in [2.75, 3.05) is 6.61 Å². The minimum Gasteiger partial charge on any atom is -0.459 e. The number of rotatable bonds is 4. The smallest absolute Gasteiger partial charge is 0.396 e. The van der Waals surface area contributed by atoms with Crippen molar-refractivity contribution >= 4 is 11.9 Å². The quantitative estimate of drug-likeness (QED) is 0.495. The van der Waals surface area contributed by atoms with Crippen LogP contribution < -0.4 is 5.73 Å². The number of hydrogen-bond donors (Lipinski definition) is 1. The van der Waals surface area contributed by atoms with Gasteiger partial charge < -0.3 is 10.5 Å². The second kappa shape index (κ2) is 5.57. The first-order valence-corrected chi connectivity index (χ1v) is 4.04. The molecule has 0 saturated heterocycles. The summed E-state index contributed by atoms with van der Waals surface area (Å²) in [6.07, 6.45) is 1.81. The molecule has 0 rings (SSSR count). The standard InChI is InChI=1S/C8H15NO3/c1-3-6(2)4-5-12-8(11)7(9)10/h6H,3-5H2,1-2H3,(H2,9,10). The van der Waals surface area contributed by atoms with Crippen LogP contribution in [0.25, 0.3) is 0 Å². The lowest BCUT2D eigenvalue weighted by Gasteiger charge is -2.07. The number of hydrogen-bond acceptors (Lipinski definition) is 3. The Kier molecular flexibility index (Phi) is 5.08. The third-order valence-corrected chi connectivity index (χ3v) is 1.74. The maximum absolute atomic E-state index is 10.5. The van der Waals surface area contributed by atoms with E-state index in [1.54, 1.807) is 0 Å². The highest BCUT2D eigenvalue weighted by Crippen LogP contribution is 2.05. The molecule has 12 heavy (non-hydrogen) atoms. The number of carbonyl (C=O) groups excluding carboxylic acids is 2. The molecule has 0 fully saturated rings. The molecule has 0 aliphatic carbocycles. The van der Waals surface area contributed by atoms with Crippen LogP contribution in [-0.4, -0.2) is 18.5 Å². The Hall–Kier alpha value is -1.06. The number of nitrogens with two attached hydrogens (primary N) is 1. The molecule has 0 spiro atoms. The summed E-state index contributed by atoms with van der Waals surface area (Å²) in [7, 11) is 0. The van der Waals surface area contributed by atoms with E-state index in [4.69, 9.17) is 0 Å². The molecule has 0 bridgehead atoms. The molecule has 0 aromatic heterocycles. The largest absolute Gasteiger partial charge is 0.459 e. The lowest BCUT2D eigenvalue weighted by Crippen LogP contribution is -2.26. The van der Waals surface area contributed by atoms with Crippen LogP contribution in [0.3, 0.4) is 0 Å². The molecule has 0 radical (unpaired) electrons. The first-order chi connectivity index (χ1) is 5.57. The van der Waals surface area contributed by atoms with Gasteiger partial charge >= 0.3 is 11.9 Å². The fourth-order valence-corrected chi connectivity index (χ4v) is 0.628. The SMILES string of the molecule is CCC(C)CCOC(=O)C(N)=O. The van der Waals surface area contributed by atoms with Gasteiger partial charge in [0.05, 0.1) is 6.61 Å². The van der Waals surface area contributed by atoms with Crippen LogP contribution >= 0.6 is 0 Å². The van der Waals surface area contributed by atoms with Gasteiger partial charge in [0, 0.05) is 0 Å². The maximum atomic E-state index is 10.5. The van der Waals surface area contributed by atoms with Crippen molar-refractivity contribution in [2.24, 2.45) is 11.7 Å². The van der Waals surface area contributed by atoms with Crippen molar-refractivity contribution in [2.45, 2.75) is 26.7 Å². The molecule has 1 unspecified atom stereocenters. The second-order valence-corrected chi connectivity index (χ2v) is 2.80. The molecule has 0 saturated carbocycles. The Morgan fingerprint density at radius 3 is 2.50 bits per heavy atom. The molecule has 1 amide bonds. The number of esters is 1. The van der Waals surface area contributed by atoms with E-state index in [1.165, 1.54) is 0 Å². The summed E-state index contributed by atoms with van der Waals surface area (Å²) in [6, 6.07) is 0. The van der Waals surface area contributed by atoms with E-state index in [0.717, 1.165) is 12.8 Å². The van der Waals surface area contributed by atoms with Crippen molar-refractivity contribution in [3.8, 4) is 0 Å². The normalized spacial score (nSPS) is 12.2. The molecule has 0 aromatic rings. The number of ether oxygens (including phenoxy) is 1. The summed E-state index contributed by atoms with van der Waals surface area (Å²) in [5, 5.41) is 0. The Labute approximate surface area is 72.1 Å². The molecule has 2 N–H and O–H groups in total. The molecule has 4 heteroatoms. The summed E-state index contributed by atoms with van der Waals surface area (Å²) < 4.78 is 4.56. The third-order valence-electron chi connectivity index (χ3n) is 1.74. The summed E-state index contributed by atoms with van der Waals surface area (Å²) in [5.41, 5.74) is 4.67. The monoisotopic (exact) mass is 173 g/mol. The molecule has 70 valence electrons. The van der Waals surface area contributed by atoms with E-state index in [2.05, 4.69) is 24.3 Å². The average Bonchev–Trinajstić information content (AvgIpc) is 2.03. The van der Waals surface area contributed by atoms with Crippen molar-refractivity contribution < 1.29 is 14.3 Å². The van der Waals surface area contributed by atoms with Gasteiger partial charge in [-0.15, -0.1) is 0 Å². The van der Waals surface area contributed by atoms with Crippen LogP contribution in [0.15, 0.2) is 0 Å². The molecule has 4 nitrogen and oxygen atoms in total. The van der Waals surface area contributed by atoms with Crippen molar-refractivity contribution in [1.29, 1.82) is 0 Å². The third kappa shape index (κ3) is 4.71. The summed E-state index contributed by atoms with van der Waals surface area (Å²) in [5.74, 6) is -1.47. The van der Waals surface area contributed by atoms with Crippen molar-refractivity contribution in [3.05, 3.63) is 0 Å². The lowest BCUT2D eigenvalue weighted by atomic mass is 10.1. The van der Waals surface area contributed by atoms with Gasteiger partial charge in [0.15, 0.2) is 0 Å². The summed E-state index contributed by atoms with van der Waals surface area (Å²) in [4.78, 5) is 20.7. The Morgan fingerprint density at radius 2 is 2.08 bits per heavy atom. The highest BCUT2D eigenvalue weighted by molar-refractivity contribution is 6.31. The lowest BCUT2D eigenvalue weighted by molar-refractivity contribution is -0.153. The zero-order valence-electron chi connectivity index (χ0n) is 7.50. The fraction of sp³-hybridized carbons (Fsp3) is 0.750. The highest BCUT2D eigenvalue weighted by atomic mass is 16.5. The van der Waals surface area contributed by atoms with Crippen LogP contribution in [0.2, 0.25) is 0 Å². The average molecular weight is 173 g/mol. The zero-order chi connectivity index (χ0) is 9.56. The number of carbonyl (C=O) groups is 2. The van der Waals surface area contributed by atoms with E-state index >= 15 is 0 Å². The van der Waals surface area contributed by atoms with Crippen molar-refractivity contribution in [3.63, 3.8) is 0 Å². The second-order valence-electron chi connectivity index (χ2n) is 2.80. The first kappa shape index (κ1) is 10.9. The van der Waals surface area contributed by atoms with Gasteiger partial charge in [0.2, 0.25) is 0 Å². The van der Waals surface area contributed by atoms with Gasteiger partial charge in [-0.3, -0.25) is 4.79 Å². The first-order valence-electron chi connectivity index (χ1n) is 4.04. The van der Waals surface area contributed by atoms with Crippen molar-refractivity contribution in [1.82, 2.24) is 0 Å². The Balaban J connectivity index is 3.44. The van der Waals surface area contributed by atoms with E-state index in [1.807, 2.05) is 0 Å². The summed E-state index contributed by atoms with van der Waals surface area (Å²) >= 11 is 0. The van der Waals surface area contributed by atoms with Crippen LogP contribution in [-0.2, 0) is 14.3 Å². The zero-order valence-corrected chi connectivity index (χ0v) is 7.50. The van der Waals surface area contributed by atoms with Crippen LogP contribution in [0, 0.1) is 5.92 Å². The van der Waals surface area contributed by atoms with Crippen LogP contribution in [0.5, 0.6) is 0 Å². The topological polar surface area (TPSA) is 69.4 Å². The van der Waals surface area contributed by atoms with E-state index < -0.39 is 11.9 Å². The van der Waals surface area contributed by atoms with Crippen LogP contribution in [0.4, 0.5) is 0 Å². The highest BCUT2D eigenvalue weighted by Gasteiger charge is 2.09. The Morgan fingerprint density at radius 1 is 1.50 bits per heavy atom. The van der Waals surface area contributed by atoms with Gasteiger partial charge in [-0.05, 0) is 12.3 Å². The van der Waals surface area contributed by atoms with Gasteiger partial charge in [-0.25, -0.2) is 4.79 Å². The minimum atomic E-state index is -1.03. The molecule has 0 heterocycles. The van der Waals surface area contributed by atoms with E-state index in [0.29, 0.717) is 5.92 Å². The number of amides is 1. The van der Waals surface area contributed by atoms with Gasteiger partial charge in [0.25, 0.3) is 0 Å². The van der Waals surface area contributed by atoms with E-state index in [-0.39, 0.29) is 6.61 Å². The number of primary amides is 1. The summed E-state index contributed by atoms with van der Waals surface area (Å²) in [6.45, 7) is 4.38. The minimum absolute atomic E-state index is 0.275. The maximum Gasteiger partial charge on any atom is 0.396 e.